The van der Waals surface area contributed by atoms with E-state index in [1.807, 2.05) is 32.1 Å². The van der Waals surface area contributed by atoms with Gasteiger partial charge in [-0.3, -0.25) is 4.79 Å². The Labute approximate surface area is 246 Å². The van der Waals surface area contributed by atoms with Crippen molar-refractivity contribution in [1.82, 2.24) is 4.90 Å². The van der Waals surface area contributed by atoms with Crippen LogP contribution in [0.3, 0.4) is 0 Å². The van der Waals surface area contributed by atoms with Gasteiger partial charge in [0.05, 0.1) is 24.7 Å². The molecule has 232 valence electrons. The minimum absolute atomic E-state index is 0.104. The number of likely N-dealkylation sites (tertiary alicyclic amines) is 1. The van der Waals surface area contributed by atoms with Crippen molar-refractivity contribution in [3.8, 4) is 0 Å². The lowest BCUT2D eigenvalue weighted by molar-refractivity contribution is -0.284. The highest BCUT2D eigenvalue weighted by atomic mass is 16.6. The maximum absolute atomic E-state index is 13.1. The minimum Gasteiger partial charge on any atom is -0.480 e. The molecule has 1 aliphatic carbocycles. The van der Waals surface area contributed by atoms with Crippen molar-refractivity contribution in [1.29, 1.82) is 0 Å². The van der Waals surface area contributed by atoms with Crippen molar-refractivity contribution >= 4 is 11.9 Å². The van der Waals surface area contributed by atoms with Crippen LogP contribution in [0.4, 0.5) is 0 Å². The molecule has 0 aromatic rings. The van der Waals surface area contributed by atoms with Gasteiger partial charge in [0, 0.05) is 26.0 Å². The van der Waals surface area contributed by atoms with Crippen LogP contribution in [-0.2, 0) is 19.1 Å². The summed E-state index contributed by atoms with van der Waals surface area (Å²) < 4.78 is 11.9. The van der Waals surface area contributed by atoms with Crippen molar-refractivity contribution in [2.45, 2.75) is 128 Å². The van der Waals surface area contributed by atoms with Gasteiger partial charge in [-0.15, -0.1) is 0 Å². The molecule has 0 radical (unpaired) electrons. The Morgan fingerprint density at radius 3 is 2.46 bits per heavy atom. The Balaban J connectivity index is 1.51. The Morgan fingerprint density at radius 2 is 1.78 bits per heavy atom. The number of piperidine rings is 1. The molecule has 3 fully saturated rings. The predicted molar refractivity (Wildman–Crippen MR) is 159 cm³/mol. The van der Waals surface area contributed by atoms with Gasteiger partial charge in [0.2, 0.25) is 5.91 Å². The van der Waals surface area contributed by atoms with Crippen molar-refractivity contribution in [2.24, 2.45) is 17.8 Å². The summed E-state index contributed by atoms with van der Waals surface area (Å²) >= 11 is 0. The van der Waals surface area contributed by atoms with E-state index in [0.29, 0.717) is 37.6 Å². The number of ether oxygens (including phenoxy) is 2. The predicted octanol–water partition coefficient (Wildman–Crippen LogP) is 5.39. The number of hydrogen-bond donors (Lipinski definition) is 3. The summed E-state index contributed by atoms with van der Waals surface area (Å²) in [6.07, 6.45) is 18.9. The van der Waals surface area contributed by atoms with Crippen molar-refractivity contribution < 1.29 is 34.4 Å². The molecule has 6 atom stereocenters. The van der Waals surface area contributed by atoms with E-state index in [1.165, 1.54) is 4.90 Å². The number of amides is 1. The molecule has 3 N–H and O–H groups in total. The third-order valence-electron chi connectivity index (χ3n) is 9.39. The van der Waals surface area contributed by atoms with Crippen molar-refractivity contribution in [3.63, 3.8) is 0 Å². The zero-order valence-electron chi connectivity index (χ0n) is 25.5. The second-order valence-electron chi connectivity index (χ2n) is 12.7. The second-order valence-corrected chi connectivity index (χ2v) is 12.7. The quantitative estimate of drug-likeness (QED) is 0.267. The van der Waals surface area contributed by atoms with Crippen LogP contribution in [0.1, 0.15) is 97.8 Å². The van der Waals surface area contributed by atoms with Gasteiger partial charge in [0.25, 0.3) is 0 Å². The number of aliphatic hydroxyl groups excluding tert-OH is 1. The third kappa shape index (κ3) is 10.1. The lowest BCUT2D eigenvalue weighted by atomic mass is 9.82. The average molecular weight is 576 g/mol. The number of nitrogens with zero attached hydrogens (tertiary/aromatic N) is 1. The number of rotatable bonds is 12. The highest BCUT2D eigenvalue weighted by Gasteiger charge is 2.45. The van der Waals surface area contributed by atoms with Gasteiger partial charge in [-0.25, -0.2) is 4.79 Å². The maximum Gasteiger partial charge on any atom is 0.326 e. The van der Waals surface area contributed by atoms with Gasteiger partial charge in [0.15, 0.2) is 5.79 Å². The first-order chi connectivity index (χ1) is 19.5. The second kappa shape index (κ2) is 16.0. The number of aliphatic hydroxyl groups is 2. The Kier molecular flexibility index (Phi) is 13.1. The molecule has 0 aromatic carbocycles. The molecular weight excluding hydrogens is 522 g/mol. The maximum atomic E-state index is 13.1. The van der Waals surface area contributed by atoms with Crippen LogP contribution in [0, 0.1) is 17.8 Å². The van der Waals surface area contributed by atoms with E-state index in [1.54, 1.807) is 7.11 Å². The lowest BCUT2D eigenvalue weighted by Gasteiger charge is -2.44. The molecule has 2 aliphatic heterocycles. The number of carbonyl (C=O) groups is 2. The lowest BCUT2D eigenvalue weighted by Crippen LogP contribution is -2.54. The van der Waals surface area contributed by atoms with Crippen LogP contribution in [0.2, 0.25) is 0 Å². The molecule has 1 amide bonds. The van der Waals surface area contributed by atoms with Crippen LogP contribution in [0.25, 0.3) is 0 Å². The fourth-order valence-corrected chi connectivity index (χ4v) is 6.64. The highest BCUT2D eigenvalue weighted by Crippen LogP contribution is 2.38. The zero-order chi connectivity index (χ0) is 30.0. The molecule has 41 heavy (non-hydrogen) atoms. The Bertz CT molecular complexity index is 938. The molecule has 0 aromatic heterocycles. The fourth-order valence-electron chi connectivity index (χ4n) is 6.64. The molecule has 0 bridgehead atoms. The minimum atomic E-state index is -1.63. The number of methoxy groups -OCH3 is 1. The van der Waals surface area contributed by atoms with E-state index < -0.39 is 17.8 Å². The van der Waals surface area contributed by atoms with E-state index in [9.17, 15) is 24.9 Å². The highest BCUT2D eigenvalue weighted by molar-refractivity contribution is 5.84. The molecule has 3 aliphatic rings. The van der Waals surface area contributed by atoms with Crippen LogP contribution in [0.15, 0.2) is 36.0 Å². The standard InChI is InChI=1S/C33H53NO7/c1-23(20-26-14-16-27(35)17-15-26)10-6-5-7-11-24(2)30(40-4)21-28-18-13-25(3)33(39,41-28)22-31(36)34-19-9-8-12-29(34)32(37)38/h5-7,10-11,23,25-30,35,39H,8-9,12-22H2,1-4H3,(H,37,38)/b7-5+,10-6+,24-11+/t23-,25-,26-,27-,28+,29+,30+,33+/m1/s1. The average Bonchev–Trinajstić information content (AvgIpc) is 2.94. The number of carboxylic acid groups (broad SMARTS) is 1. The first-order valence-electron chi connectivity index (χ1n) is 15.7. The number of carboxylic acids is 1. The topological polar surface area (TPSA) is 117 Å². The van der Waals surface area contributed by atoms with Gasteiger partial charge in [-0.1, -0.05) is 44.2 Å². The van der Waals surface area contributed by atoms with Crippen LogP contribution in [-0.4, -0.2) is 75.9 Å². The number of allylic oxidation sites excluding steroid dienone is 5. The third-order valence-corrected chi connectivity index (χ3v) is 9.39. The zero-order valence-corrected chi connectivity index (χ0v) is 25.5. The molecule has 2 heterocycles. The van der Waals surface area contributed by atoms with E-state index in [4.69, 9.17) is 9.47 Å². The van der Waals surface area contributed by atoms with Gasteiger partial charge < -0.3 is 29.7 Å². The summed E-state index contributed by atoms with van der Waals surface area (Å²) in [7, 11) is 1.67. The van der Waals surface area contributed by atoms with Crippen LogP contribution in [0.5, 0.6) is 0 Å². The van der Waals surface area contributed by atoms with E-state index >= 15 is 0 Å². The van der Waals surface area contributed by atoms with Gasteiger partial charge in [-0.05, 0) is 88.5 Å². The number of carbonyl (C=O) groups excluding carboxylic acids is 1. The molecule has 0 spiro atoms. The van der Waals surface area contributed by atoms with E-state index in [2.05, 4.69) is 19.1 Å². The van der Waals surface area contributed by atoms with Crippen LogP contribution >= 0.6 is 0 Å². The summed E-state index contributed by atoms with van der Waals surface area (Å²) in [6.45, 7) is 6.54. The molecule has 3 rings (SSSR count). The normalized spacial score (nSPS) is 33.3. The molecule has 1 saturated carbocycles. The Morgan fingerprint density at radius 1 is 1.05 bits per heavy atom. The first kappa shape index (κ1) is 33.5. The Hall–Kier alpha value is -2.00. The van der Waals surface area contributed by atoms with E-state index in [0.717, 1.165) is 56.9 Å². The molecule has 8 heteroatoms. The number of aliphatic carboxylic acids is 1. The summed E-state index contributed by atoms with van der Waals surface area (Å²) in [4.78, 5) is 26.2. The SMILES string of the molecule is CO[C@@H](C[C@@H]1CC[C@@H](C)[C@](O)(CC(=O)N2CCCC[C@H]2C(=O)O)O1)/C(C)=C/C=C/C=C/[C@@H](C)C[C@H]1CC[C@H](O)CC1. The summed E-state index contributed by atoms with van der Waals surface area (Å²) in [5.41, 5.74) is 1.05. The van der Waals surface area contributed by atoms with Gasteiger partial charge >= 0.3 is 5.97 Å². The van der Waals surface area contributed by atoms with Crippen molar-refractivity contribution in [2.75, 3.05) is 13.7 Å². The molecule has 0 unspecified atom stereocenters. The summed E-state index contributed by atoms with van der Waals surface area (Å²) in [5.74, 6) is -2.02. The monoisotopic (exact) mass is 575 g/mol. The van der Waals surface area contributed by atoms with E-state index in [-0.39, 0.29) is 36.6 Å². The summed E-state index contributed by atoms with van der Waals surface area (Å²) in [5, 5.41) is 30.7. The van der Waals surface area contributed by atoms with Gasteiger partial charge in [0.1, 0.15) is 6.04 Å². The fraction of sp³-hybridized carbons (Fsp3) is 0.758. The number of hydrogen-bond acceptors (Lipinski definition) is 6. The van der Waals surface area contributed by atoms with Crippen LogP contribution < -0.4 is 0 Å². The smallest absolute Gasteiger partial charge is 0.326 e. The summed E-state index contributed by atoms with van der Waals surface area (Å²) in [6, 6.07) is -0.835. The molecule has 2 saturated heterocycles. The largest absolute Gasteiger partial charge is 0.480 e. The van der Waals surface area contributed by atoms with Gasteiger partial charge in [-0.2, -0.15) is 0 Å². The first-order valence-corrected chi connectivity index (χ1v) is 15.7. The van der Waals surface area contributed by atoms with Crippen molar-refractivity contribution in [3.05, 3.63) is 36.0 Å². The molecular formula is C33H53NO7. The molecule has 8 nitrogen and oxygen atoms in total.